The van der Waals surface area contributed by atoms with Crippen molar-refractivity contribution in [2.45, 2.75) is 26.8 Å². The molecule has 1 rings (SSSR count). The number of hydrogen-bond donors (Lipinski definition) is 1. The molecule has 0 atom stereocenters. The molecule has 0 radical (unpaired) electrons. The molecule has 0 aliphatic rings. The quantitative estimate of drug-likeness (QED) is 0.816. The fourth-order valence-corrected chi connectivity index (χ4v) is 1.84. The second-order valence-corrected chi connectivity index (χ2v) is 4.63. The fraction of sp³-hybridized carbons (Fsp3) is 0.500. The van der Waals surface area contributed by atoms with Gasteiger partial charge in [-0.3, -0.25) is 9.59 Å². The smallest absolute Gasteiger partial charge is 0.250 e. The summed E-state index contributed by atoms with van der Waals surface area (Å²) in [5.41, 5.74) is 0.0277. The number of rotatable bonds is 6. The molecular weight excluding hydrogens is 300 g/mol. The Balaban J connectivity index is 2.74. The van der Waals surface area contributed by atoms with Gasteiger partial charge in [0.2, 0.25) is 5.43 Å². The number of hydrogen-bond acceptors (Lipinski definition) is 3. The number of ether oxygens (including phenoxy) is 1. The number of aryl methyl sites for hydroxylation is 1. The Labute approximate surface area is 114 Å². The monoisotopic (exact) mass is 316 g/mol. The topological polar surface area (TPSA) is 60.3 Å². The third-order valence-electron chi connectivity index (χ3n) is 2.26. The number of nitrogens with zero attached hydrogens (tertiary/aromatic N) is 1. The molecule has 0 fully saturated rings. The van der Waals surface area contributed by atoms with Gasteiger partial charge in [0, 0.05) is 25.5 Å². The van der Waals surface area contributed by atoms with Gasteiger partial charge in [-0.25, -0.2) is 0 Å². The number of halogens is 1. The van der Waals surface area contributed by atoms with E-state index in [0.717, 1.165) is 6.42 Å². The first-order chi connectivity index (χ1) is 8.58. The first-order valence-corrected chi connectivity index (χ1v) is 6.65. The van der Waals surface area contributed by atoms with Crippen LogP contribution in [0.15, 0.2) is 21.7 Å². The molecule has 1 aromatic heterocycles. The summed E-state index contributed by atoms with van der Waals surface area (Å²) in [6.07, 6.45) is 4.16. The largest absolute Gasteiger partial charge is 0.372 e. The molecule has 0 aliphatic carbocycles. The summed E-state index contributed by atoms with van der Waals surface area (Å²) in [6, 6.07) is 0. The van der Waals surface area contributed by atoms with Crippen LogP contribution in [0, 0.1) is 0 Å². The lowest BCUT2D eigenvalue weighted by molar-refractivity contribution is -0.120. The van der Waals surface area contributed by atoms with E-state index in [0.29, 0.717) is 17.6 Å². The maximum Gasteiger partial charge on any atom is 0.250 e. The summed E-state index contributed by atoms with van der Waals surface area (Å²) in [5, 5.41) is 2.56. The van der Waals surface area contributed by atoms with Crippen LogP contribution in [0.2, 0.25) is 0 Å². The zero-order chi connectivity index (χ0) is 13.5. The van der Waals surface area contributed by atoms with Crippen molar-refractivity contribution >= 4 is 27.5 Å². The Morgan fingerprint density at radius 3 is 2.78 bits per heavy atom. The minimum Gasteiger partial charge on any atom is -0.372 e. The van der Waals surface area contributed by atoms with Gasteiger partial charge in [-0.05, 0) is 29.3 Å². The van der Waals surface area contributed by atoms with Gasteiger partial charge in [0.1, 0.15) is 12.3 Å². The SMILES string of the molecule is CCCOCC(=O)Nc1cn(CC)cc(Br)c1=O. The summed E-state index contributed by atoms with van der Waals surface area (Å²) < 4.78 is 7.35. The molecule has 5 nitrogen and oxygen atoms in total. The predicted molar refractivity (Wildman–Crippen MR) is 73.8 cm³/mol. The summed E-state index contributed by atoms with van der Waals surface area (Å²) in [7, 11) is 0. The van der Waals surface area contributed by atoms with Crippen LogP contribution in [0.4, 0.5) is 5.69 Å². The van der Waals surface area contributed by atoms with E-state index in [1.54, 1.807) is 12.4 Å². The van der Waals surface area contributed by atoms with E-state index < -0.39 is 0 Å². The van der Waals surface area contributed by atoms with E-state index in [2.05, 4.69) is 21.2 Å². The van der Waals surface area contributed by atoms with E-state index in [4.69, 9.17) is 4.74 Å². The number of carbonyl (C=O) groups is 1. The summed E-state index contributed by atoms with van der Waals surface area (Å²) >= 11 is 3.18. The van der Waals surface area contributed by atoms with Crippen molar-refractivity contribution in [3.8, 4) is 0 Å². The Morgan fingerprint density at radius 1 is 1.44 bits per heavy atom. The molecule has 18 heavy (non-hydrogen) atoms. The van der Waals surface area contributed by atoms with E-state index in [-0.39, 0.29) is 23.6 Å². The van der Waals surface area contributed by atoms with Crippen LogP contribution in [0.1, 0.15) is 20.3 Å². The normalized spacial score (nSPS) is 10.4. The van der Waals surface area contributed by atoms with Crippen LogP contribution in [0.3, 0.4) is 0 Å². The standard InChI is InChI=1S/C12H17BrN2O3/c1-3-5-18-8-11(16)14-10-7-15(4-2)6-9(13)12(10)17/h6-7H,3-5,8H2,1-2H3,(H,14,16). The van der Waals surface area contributed by atoms with E-state index in [9.17, 15) is 9.59 Å². The Kier molecular flexibility index (Phi) is 6.07. The molecule has 0 bridgehead atoms. The van der Waals surface area contributed by atoms with Gasteiger partial charge < -0.3 is 14.6 Å². The Bertz CT molecular complexity index is 471. The van der Waals surface area contributed by atoms with Gasteiger partial charge in [0.05, 0.1) is 4.47 Å². The summed E-state index contributed by atoms with van der Waals surface area (Å²) in [6.45, 7) is 5.13. The first kappa shape index (κ1) is 14.9. The van der Waals surface area contributed by atoms with Gasteiger partial charge in [-0.2, -0.15) is 0 Å². The van der Waals surface area contributed by atoms with Gasteiger partial charge in [-0.1, -0.05) is 6.92 Å². The van der Waals surface area contributed by atoms with Crippen LogP contribution in [-0.2, 0) is 16.1 Å². The second-order valence-electron chi connectivity index (χ2n) is 3.78. The highest BCUT2D eigenvalue weighted by atomic mass is 79.9. The van der Waals surface area contributed by atoms with Gasteiger partial charge in [0.25, 0.3) is 5.91 Å². The molecule has 0 aliphatic heterocycles. The Morgan fingerprint density at radius 2 is 2.17 bits per heavy atom. The first-order valence-electron chi connectivity index (χ1n) is 5.85. The molecule has 1 amide bonds. The number of anilines is 1. The molecule has 0 saturated heterocycles. The number of carbonyl (C=O) groups excluding carboxylic acids is 1. The number of aromatic nitrogens is 1. The van der Waals surface area contributed by atoms with Gasteiger partial charge >= 0.3 is 0 Å². The minimum absolute atomic E-state index is 0.0358. The van der Waals surface area contributed by atoms with Crippen molar-refractivity contribution < 1.29 is 9.53 Å². The molecule has 0 aromatic carbocycles. The summed E-state index contributed by atoms with van der Waals surface area (Å²) in [4.78, 5) is 23.3. The molecule has 100 valence electrons. The number of pyridine rings is 1. The zero-order valence-electron chi connectivity index (χ0n) is 10.5. The third kappa shape index (κ3) is 4.27. The van der Waals surface area contributed by atoms with Gasteiger partial charge in [0.15, 0.2) is 0 Å². The van der Waals surface area contributed by atoms with Crippen molar-refractivity contribution in [2.75, 3.05) is 18.5 Å². The molecule has 1 heterocycles. The van der Waals surface area contributed by atoms with E-state index in [1.807, 2.05) is 18.4 Å². The van der Waals surface area contributed by atoms with Crippen LogP contribution in [0.25, 0.3) is 0 Å². The van der Waals surface area contributed by atoms with Crippen molar-refractivity contribution in [2.24, 2.45) is 0 Å². The predicted octanol–water partition coefficient (Wildman–Crippen LogP) is 2.00. The second kappa shape index (κ2) is 7.33. The van der Waals surface area contributed by atoms with Crippen LogP contribution < -0.4 is 10.7 Å². The fourth-order valence-electron chi connectivity index (χ4n) is 1.36. The van der Waals surface area contributed by atoms with Crippen molar-refractivity contribution in [1.82, 2.24) is 4.57 Å². The van der Waals surface area contributed by atoms with Crippen molar-refractivity contribution in [3.05, 3.63) is 27.1 Å². The highest BCUT2D eigenvalue weighted by Crippen LogP contribution is 2.08. The number of nitrogens with one attached hydrogen (secondary N) is 1. The average molecular weight is 317 g/mol. The average Bonchev–Trinajstić information content (AvgIpc) is 2.35. The highest BCUT2D eigenvalue weighted by Gasteiger charge is 2.09. The maximum atomic E-state index is 11.8. The Hall–Kier alpha value is -1.14. The maximum absolute atomic E-state index is 11.8. The number of amides is 1. The highest BCUT2D eigenvalue weighted by molar-refractivity contribution is 9.10. The molecule has 1 N–H and O–H groups in total. The van der Waals surface area contributed by atoms with Crippen molar-refractivity contribution in [3.63, 3.8) is 0 Å². The minimum atomic E-state index is -0.318. The summed E-state index contributed by atoms with van der Waals surface area (Å²) in [5.74, 6) is -0.318. The zero-order valence-corrected chi connectivity index (χ0v) is 12.1. The van der Waals surface area contributed by atoms with Crippen LogP contribution >= 0.6 is 15.9 Å². The van der Waals surface area contributed by atoms with E-state index in [1.165, 1.54) is 0 Å². The molecular formula is C12H17BrN2O3. The molecule has 6 heteroatoms. The molecule has 0 spiro atoms. The van der Waals surface area contributed by atoms with Gasteiger partial charge in [-0.15, -0.1) is 0 Å². The van der Waals surface area contributed by atoms with Crippen LogP contribution in [-0.4, -0.2) is 23.7 Å². The molecule has 0 unspecified atom stereocenters. The lowest BCUT2D eigenvalue weighted by Gasteiger charge is -2.09. The molecule has 0 saturated carbocycles. The van der Waals surface area contributed by atoms with Crippen molar-refractivity contribution in [1.29, 1.82) is 0 Å². The molecule has 1 aromatic rings. The lowest BCUT2D eigenvalue weighted by atomic mass is 10.4. The third-order valence-corrected chi connectivity index (χ3v) is 2.82. The van der Waals surface area contributed by atoms with Crippen LogP contribution in [0.5, 0.6) is 0 Å². The van der Waals surface area contributed by atoms with E-state index >= 15 is 0 Å². The lowest BCUT2D eigenvalue weighted by Crippen LogP contribution is -2.24.